The van der Waals surface area contributed by atoms with Gasteiger partial charge < -0.3 is 15.2 Å². The Balaban J connectivity index is 0.00000256. The molecule has 0 unspecified atom stereocenters. The first-order chi connectivity index (χ1) is 7.33. The number of benzene rings is 1. The number of hydrogen-bond donors (Lipinski definition) is 2. The Bertz CT molecular complexity index is 378. The predicted molar refractivity (Wildman–Crippen MR) is 76.2 cm³/mol. The molecule has 0 atom stereocenters. The molecule has 1 rings (SSSR count). The summed E-state index contributed by atoms with van der Waals surface area (Å²) in [5.74, 6) is 0.683. The highest BCUT2D eigenvalue weighted by atomic mass is 79.9. The Labute approximate surface area is 117 Å². The third-order valence-corrected chi connectivity index (χ3v) is 2.61. The molecule has 1 aromatic carbocycles. The maximum Gasteiger partial charge on any atom is 0.162 e. The van der Waals surface area contributed by atoms with Gasteiger partial charge in [-0.1, -0.05) is 15.9 Å². The van der Waals surface area contributed by atoms with Crippen LogP contribution in [0.1, 0.15) is 26.3 Å². The van der Waals surface area contributed by atoms with Gasteiger partial charge in [0.1, 0.15) is 0 Å². The molecule has 2 N–H and O–H groups in total. The molecular weight excluding hydrogens is 305 g/mol. The average molecular weight is 325 g/mol. The highest BCUT2D eigenvalue weighted by Crippen LogP contribution is 2.33. The molecule has 1 aromatic rings. The second-order valence-electron chi connectivity index (χ2n) is 4.72. The molecule has 0 aliphatic rings. The molecule has 0 radical (unpaired) electrons. The zero-order valence-electron chi connectivity index (χ0n) is 10.5. The van der Waals surface area contributed by atoms with Crippen molar-refractivity contribution in [3.05, 3.63) is 22.2 Å². The number of ether oxygens (including phenoxy) is 1. The van der Waals surface area contributed by atoms with Crippen LogP contribution in [0.25, 0.3) is 0 Å². The molecule has 0 aromatic heterocycles. The zero-order chi connectivity index (χ0) is 12.3. The number of phenolic OH excluding ortho intramolecular Hbond substituents is 1. The molecule has 0 fully saturated rings. The molecule has 0 amide bonds. The largest absolute Gasteiger partial charge is 0.504 e. The van der Waals surface area contributed by atoms with Gasteiger partial charge in [0, 0.05) is 22.1 Å². The van der Waals surface area contributed by atoms with Crippen LogP contribution in [0, 0.1) is 0 Å². The van der Waals surface area contributed by atoms with Gasteiger partial charge >= 0.3 is 0 Å². The fourth-order valence-corrected chi connectivity index (χ4v) is 1.76. The smallest absolute Gasteiger partial charge is 0.162 e. The van der Waals surface area contributed by atoms with E-state index in [-0.39, 0.29) is 23.7 Å². The monoisotopic (exact) mass is 323 g/mol. The SMILES string of the molecule is COc1cc(Br)cc(CNC(C)(C)C)c1O.Cl. The van der Waals surface area contributed by atoms with Crippen molar-refractivity contribution in [1.82, 2.24) is 5.32 Å². The van der Waals surface area contributed by atoms with Crippen LogP contribution in [0.2, 0.25) is 0 Å². The van der Waals surface area contributed by atoms with Gasteiger partial charge in [-0.05, 0) is 32.9 Å². The van der Waals surface area contributed by atoms with Crippen LogP contribution in [0.3, 0.4) is 0 Å². The van der Waals surface area contributed by atoms with E-state index in [0.29, 0.717) is 12.3 Å². The van der Waals surface area contributed by atoms with Crippen molar-refractivity contribution >= 4 is 28.3 Å². The van der Waals surface area contributed by atoms with E-state index in [0.717, 1.165) is 10.0 Å². The van der Waals surface area contributed by atoms with E-state index >= 15 is 0 Å². The summed E-state index contributed by atoms with van der Waals surface area (Å²) < 4.78 is 5.99. The minimum absolute atomic E-state index is 0. The number of rotatable bonds is 3. The van der Waals surface area contributed by atoms with Crippen molar-refractivity contribution in [3.8, 4) is 11.5 Å². The summed E-state index contributed by atoms with van der Waals surface area (Å²) in [6.07, 6.45) is 0. The third-order valence-electron chi connectivity index (χ3n) is 2.15. The summed E-state index contributed by atoms with van der Waals surface area (Å²) in [5, 5.41) is 13.2. The van der Waals surface area contributed by atoms with Crippen LogP contribution >= 0.6 is 28.3 Å². The van der Waals surface area contributed by atoms with E-state index in [9.17, 15) is 5.11 Å². The molecule has 0 heterocycles. The van der Waals surface area contributed by atoms with E-state index < -0.39 is 0 Å². The summed E-state index contributed by atoms with van der Waals surface area (Å²) >= 11 is 3.39. The van der Waals surface area contributed by atoms with E-state index in [1.807, 2.05) is 6.07 Å². The molecule has 0 aliphatic carbocycles. The summed E-state index contributed by atoms with van der Waals surface area (Å²) in [5.41, 5.74) is 0.836. The average Bonchev–Trinajstić information content (AvgIpc) is 2.17. The molecule has 0 saturated carbocycles. The predicted octanol–water partition coefficient (Wildman–Crippen LogP) is 3.47. The highest BCUT2D eigenvalue weighted by molar-refractivity contribution is 9.10. The van der Waals surface area contributed by atoms with Gasteiger partial charge in [-0.25, -0.2) is 0 Å². The molecule has 3 nitrogen and oxygen atoms in total. The van der Waals surface area contributed by atoms with Gasteiger partial charge in [-0.15, -0.1) is 12.4 Å². The van der Waals surface area contributed by atoms with Gasteiger partial charge in [0.05, 0.1) is 7.11 Å². The lowest BCUT2D eigenvalue weighted by atomic mass is 10.1. The van der Waals surface area contributed by atoms with Crippen molar-refractivity contribution in [2.75, 3.05) is 7.11 Å². The van der Waals surface area contributed by atoms with Crippen LogP contribution in [0.15, 0.2) is 16.6 Å². The van der Waals surface area contributed by atoms with Crippen LogP contribution < -0.4 is 10.1 Å². The first-order valence-corrected chi connectivity index (χ1v) is 5.93. The minimum Gasteiger partial charge on any atom is -0.504 e. The Morgan fingerprint density at radius 3 is 2.41 bits per heavy atom. The van der Waals surface area contributed by atoms with E-state index in [1.54, 1.807) is 13.2 Å². The van der Waals surface area contributed by atoms with Crippen LogP contribution in [0.5, 0.6) is 11.5 Å². The molecule has 0 spiro atoms. The van der Waals surface area contributed by atoms with Crippen molar-refractivity contribution < 1.29 is 9.84 Å². The van der Waals surface area contributed by atoms with Crippen LogP contribution in [-0.2, 0) is 6.54 Å². The van der Waals surface area contributed by atoms with Gasteiger partial charge in [-0.2, -0.15) is 0 Å². The van der Waals surface area contributed by atoms with E-state index in [2.05, 4.69) is 42.0 Å². The standard InChI is InChI=1S/C12H18BrNO2.ClH/c1-12(2,3)14-7-8-5-9(13)6-10(16-4)11(8)15;/h5-6,14-15H,7H2,1-4H3;1H. The fraction of sp³-hybridized carbons (Fsp3) is 0.500. The molecule has 98 valence electrons. The lowest BCUT2D eigenvalue weighted by Crippen LogP contribution is -2.35. The van der Waals surface area contributed by atoms with Gasteiger partial charge in [0.25, 0.3) is 0 Å². The van der Waals surface area contributed by atoms with Gasteiger partial charge in [0.15, 0.2) is 11.5 Å². The fourth-order valence-electron chi connectivity index (χ4n) is 1.28. The quantitative estimate of drug-likeness (QED) is 0.894. The maximum absolute atomic E-state index is 9.92. The second-order valence-corrected chi connectivity index (χ2v) is 5.64. The summed E-state index contributed by atoms with van der Waals surface area (Å²) in [4.78, 5) is 0. The Morgan fingerprint density at radius 1 is 1.35 bits per heavy atom. The van der Waals surface area contributed by atoms with E-state index in [1.165, 1.54) is 0 Å². The highest BCUT2D eigenvalue weighted by Gasteiger charge is 2.13. The first kappa shape index (κ1) is 16.6. The van der Waals surface area contributed by atoms with Crippen LogP contribution in [-0.4, -0.2) is 17.8 Å². The van der Waals surface area contributed by atoms with Crippen molar-refractivity contribution in [2.45, 2.75) is 32.9 Å². The molecule has 0 bridgehead atoms. The summed E-state index contributed by atoms with van der Waals surface area (Å²) in [6.45, 7) is 6.85. The minimum atomic E-state index is 0. The molecule has 5 heteroatoms. The normalized spacial score (nSPS) is 10.9. The number of hydrogen-bond acceptors (Lipinski definition) is 3. The van der Waals surface area contributed by atoms with Crippen molar-refractivity contribution in [3.63, 3.8) is 0 Å². The second kappa shape index (κ2) is 6.47. The Hall–Kier alpha value is -0.450. The topological polar surface area (TPSA) is 41.5 Å². The van der Waals surface area contributed by atoms with Crippen molar-refractivity contribution in [2.24, 2.45) is 0 Å². The Morgan fingerprint density at radius 2 is 1.94 bits per heavy atom. The third kappa shape index (κ3) is 5.15. The van der Waals surface area contributed by atoms with Crippen LogP contribution in [0.4, 0.5) is 0 Å². The zero-order valence-corrected chi connectivity index (χ0v) is 12.9. The lowest BCUT2D eigenvalue weighted by Gasteiger charge is -2.21. The number of methoxy groups -OCH3 is 1. The van der Waals surface area contributed by atoms with Crippen molar-refractivity contribution in [1.29, 1.82) is 0 Å². The number of aromatic hydroxyl groups is 1. The number of halogens is 2. The Kier molecular flexibility index (Phi) is 6.30. The first-order valence-electron chi connectivity index (χ1n) is 5.14. The van der Waals surface area contributed by atoms with E-state index in [4.69, 9.17) is 4.74 Å². The molecule has 17 heavy (non-hydrogen) atoms. The number of phenols is 1. The summed E-state index contributed by atoms with van der Waals surface area (Å²) in [7, 11) is 1.54. The molecule has 0 saturated heterocycles. The molecular formula is C12H19BrClNO2. The summed E-state index contributed by atoms with van der Waals surface area (Å²) in [6, 6.07) is 3.63. The maximum atomic E-state index is 9.92. The molecule has 0 aliphatic heterocycles. The van der Waals surface area contributed by atoms with Gasteiger partial charge in [-0.3, -0.25) is 0 Å². The number of nitrogens with one attached hydrogen (secondary N) is 1. The lowest BCUT2D eigenvalue weighted by molar-refractivity contribution is 0.364. The van der Waals surface area contributed by atoms with Gasteiger partial charge in [0.2, 0.25) is 0 Å².